The van der Waals surface area contributed by atoms with E-state index < -0.39 is 0 Å². The maximum Gasteiger partial charge on any atom is 0.164 e. The first kappa shape index (κ1) is 15.6. The summed E-state index contributed by atoms with van der Waals surface area (Å²) in [6, 6.07) is 19.7. The first-order valence-electron chi connectivity index (χ1n) is 7.65. The van der Waals surface area contributed by atoms with Gasteiger partial charge < -0.3 is 5.32 Å². The summed E-state index contributed by atoms with van der Waals surface area (Å²) >= 11 is 6.10. The van der Waals surface area contributed by atoms with Crippen molar-refractivity contribution in [2.24, 2.45) is 0 Å². The Morgan fingerprint density at radius 1 is 1.00 bits per heavy atom. The second kappa shape index (κ2) is 6.84. The highest BCUT2D eigenvalue weighted by Crippen LogP contribution is 2.20. The van der Waals surface area contributed by atoms with Crippen molar-refractivity contribution in [3.05, 3.63) is 76.8 Å². The van der Waals surface area contributed by atoms with Gasteiger partial charge in [0.05, 0.1) is 0 Å². The maximum absolute atomic E-state index is 12.3. The molecule has 0 aliphatic heterocycles. The lowest BCUT2D eigenvalue weighted by molar-refractivity contribution is 0.0986. The molecule has 1 N–H and O–H groups in total. The Balaban J connectivity index is 1.62. The van der Waals surface area contributed by atoms with Crippen LogP contribution in [0.4, 0.5) is 5.69 Å². The zero-order valence-electron chi connectivity index (χ0n) is 13.0. The molecule has 0 bridgehead atoms. The molecule has 0 aliphatic rings. The number of Topliss-reactive ketones (excluding diaryl/α,β-unsaturated/α-hetero) is 1. The average molecular weight is 324 g/mol. The van der Waals surface area contributed by atoms with Gasteiger partial charge in [0.25, 0.3) is 0 Å². The number of carbonyl (C=O) groups is 1. The third-order valence-electron chi connectivity index (χ3n) is 3.92. The zero-order valence-corrected chi connectivity index (χ0v) is 13.7. The van der Waals surface area contributed by atoms with Crippen LogP contribution in [0.15, 0.2) is 60.7 Å². The smallest absolute Gasteiger partial charge is 0.164 e. The number of anilines is 1. The van der Waals surface area contributed by atoms with E-state index in [2.05, 4.69) is 5.32 Å². The van der Waals surface area contributed by atoms with Crippen molar-refractivity contribution in [1.29, 1.82) is 0 Å². The Morgan fingerprint density at radius 2 is 1.78 bits per heavy atom. The normalized spacial score (nSPS) is 10.7. The number of nitrogens with one attached hydrogen (secondary N) is 1. The highest BCUT2D eigenvalue weighted by atomic mass is 35.5. The summed E-state index contributed by atoms with van der Waals surface area (Å²) in [7, 11) is 0. The summed E-state index contributed by atoms with van der Waals surface area (Å²) in [5.41, 5.74) is 2.74. The van der Waals surface area contributed by atoms with Crippen molar-refractivity contribution in [3.63, 3.8) is 0 Å². The highest BCUT2D eigenvalue weighted by Gasteiger charge is 2.06. The van der Waals surface area contributed by atoms with Gasteiger partial charge in [-0.2, -0.15) is 0 Å². The minimum absolute atomic E-state index is 0.140. The van der Waals surface area contributed by atoms with Crippen LogP contribution >= 0.6 is 11.6 Å². The second-order valence-electron chi connectivity index (χ2n) is 5.63. The lowest BCUT2D eigenvalue weighted by Crippen LogP contribution is -2.09. The number of hydrogen-bond acceptors (Lipinski definition) is 2. The molecule has 0 saturated heterocycles. The number of rotatable bonds is 5. The van der Waals surface area contributed by atoms with Gasteiger partial charge >= 0.3 is 0 Å². The molecule has 3 aromatic rings. The molecule has 3 aromatic carbocycles. The number of ketones is 1. The molecule has 0 spiro atoms. The first-order chi connectivity index (χ1) is 11.1. The van der Waals surface area contributed by atoms with E-state index in [1.54, 1.807) is 0 Å². The van der Waals surface area contributed by atoms with Crippen molar-refractivity contribution < 1.29 is 4.79 Å². The molecule has 3 heteroatoms. The summed E-state index contributed by atoms with van der Waals surface area (Å²) in [5.74, 6) is 0.140. The number of aryl methyl sites for hydroxylation is 1. The van der Waals surface area contributed by atoms with Crippen LogP contribution in [0, 0.1) is 6.92 Å². The topological polar surface area (TPSA) is 29.1 Å². The van der Waals surface area contributed by atoms with E-state index in [-0.39, 0.29) is 5.78 Å². The lowest BCUT2D eigenvalue weighted by Gasteiger charge is -2.08. The molecule has 0 fully saturated rings. The Bertz CT molecular complexity index is 857. The summed E-state index contributed by atoms with van der Waals surface area (Å²) in [4.78, 5) is 12.3. The Hall–Kier alpha value is -2.32. The van der Waals surface area contributed by atoms with Gasteiger partial charge in [-0.15, -0.1) is 0 Å². The second-order valence-corrected chi connectivity index (χ2v) is 6.03. The molecular formula is C20H18ClNO. The van der Waals surface area contributed by atoms with Crippen LogP contribution in [0.5, 0.6) is 0 Å². The largest absolute Gasteiger partial charge is 0.385 e. The van der Waals surface area contributed by atoms with Crippen molar-refractivity contribution in [3.8, 4) is 0 Å². The van der Waals surface area contributed by atoms with Gasteiger partial charge in [0.1, 0.15) is 0 Å². The van der Waals surface area contributed by atoms with Crippen LogP contribution in [0.25, 0.3) is 10.8 Å². The molecule has 23 heavy (non-hydrogen) atoms. The third kappa shape index (κ3) is 3.72. The molecular weight excluding hydrogens is 306 g/mol. The van der Waals surface area contributed by atoms with Crippen LogP contribution in [0.1, 0.15) is 22.3 Å². The van der Waals surface area contributed by atoms with E-state index in [1.807, 2.05) is 67.6 Å². The van der Waals surface area contributed by atoms with Crippen LogP contribution in [0.2, 0.25) is 5.02 Å². The minimum Gasteiger partial charge on any atom is -0.385 e. The summed E-state index contributed by atoms with van der Waals surface area (Å²) in [6.07, 6.45) is 0.448. The fourth-order valence-electron chi connectivity index (χ4n) is 2.53. The van der Waals surface area contributed by atoms with E-state index in [0.717, 1.165) is 32.6 Å². The molecule has 3 rings (SSSR count). The zero-order chi connectivity index (χ0) is 16.2. The molecule has 0 aromatic heterocycles. The molecule has 0 unspecified atom stereocenters. The number of hydrogen-bond donors (Lipinski definition) is 1. The lowest BCUT2D eigenvalue weighted by atomic mass is 10.0. The van der Waals surface area contributed by atoms with Gasteiger partial charge in [-0.1, -0.05) is 54.1 Å². The average Bonchev–Trinajstić information content (AvgIpc) is 2.57. The molecule has 0 atom stereocenters. The van der Waals surface area contributed by atoms with Crippen molar-refractivity contribution >= 4 is 33.8 Å². The minimum atomic E-state index is 0.140. The van der Waals surface area contributed by atoms with Gasteiger partial charge in [-0.25, -0.2) is 0 Å². The SMILES string of the molecule is Cc1ccc(NCCC(=O)c2ccc3ccccc3c2)cc1Cl. The maximum atomic E-state index is 12.3. The van der Waals surface area contributed by atoms with Crippen molar-refractivity contribution in [1.82, 2.24) is 0 Å². The van der Waals surface area contributed by atoms with E-state index >= 15 is 0 Å². The van der Waals surface area contributed by atoms with E-state index in [4.69, 9.17) is 11.6 Å². The molecule has 2 nitrogen and oxygen atoms in total. The van der Waals surface area contributed by atoms with Gasteiger partial charge in [0.15, 0.2) is 5.78 Å². The van der Waals surface area contributed by atoms with Gasteiger partial charge in [-0.3, -0.25) is 4.79 Å². The summed E-state index contributed by atoms with van der Waals surface area (Å²) < 4.78 is 0. The Kier molecular flexibility index (Phi) is 4.63. The van der Waals surface area contributed by atoms with Crippen molar-refractivity contribution in [2.45, 2.75) is 13.3 Å². The quantitative estimate of drug-likeness (QED) is 0.629. The first-order valence-corrected chi connectivity index (χ1v) is 8.03. The standard InChI is InChI=1S/C20H18ClNO/c1-14-6-9-18(13-19(14)21)22-11-10-20(23)17-8-7-15-4-2-3-5-16(15)12-17/h2-9,12-13,22H,10-11H2,1H3. The molecule has 0 heterocycles. The molecule has 0 amide bonds. The Morgan fingerprint density at radius 3 is 2.57 bits per heavy atom. The number of halogens is 1. The monoisotopic (exact) mass is 323 g/mol. The summed E-state index contributed by atoms with van der Waals surface area (Å²) in [6.45, 7) is 2.56. The van der Waals surface area contributed by atoms with Crippen LogP contribution in [0.3, 0.4) is 0 Å². The number of fused-ring (bicyclic) bond motifs is 1. The van der Waals surface area contributed by atoms with Crippen molar-refractivity contribution in [2.75, 3.05) is 11.9 Å². The third-order valence-corrected chi connectivity index (χ3v) is 4.33. The Labute approximate surface area is 141 Å². The highest BCUT2D eigenvalue weighted by molar-refractivity contribution is 6.31. The molecule has 0 aliphatic carbocycles. The number of benzene rings is 3. The molecule has 116 valence electrons. The van der Waals surface area contributed by atoms with Gasteiger partial charge in [0.2, 0.25) is 0 Å². The van der Waals surface area contributed by atoms with E-state index in [1.165, 1.54) is 0 Å². The summed E-state index contributed by atoms with van der Waals surface area (Å²) in [5, 5.41) is 6.22. The fraction of sp³-hybridized carbons (Fsp3) is 0.150. The van der Waals surface area contributed by atoms with Crippen LogP contribution in [-0.2, 0) is 0 Å². The fourth-order valence-corrected chi connectivity index (χ4v) is 2.71. The molecule has 0 radical (unpaired) electrons. The van der Waals surface area contributed by atoms with Gasteiger partial charge in [-0.05, 0) is 41.5 Å². The van der Waals surface area contributed by atoms with Gasteiger partial charge in [0, 0.05) is 29.2 Å². The predicted octanol–water partition coefficient (Wildman–Crippen LogP) is 5.49. The predicted molar refractivity (Wildman–Crippen MR) is 97.6 cm³/mol. The number of carbonyl (C=O) groups excluding carboxylic acids is 1. The van der Waals surface area contributed by atoms with Crippen LogP contribution < -0.4 is 5.32 Å². The van der Waals surface area contributed by atoms with E-state index in [9.17, 15) is 4.79 Å². The van der Waals surface area contributed by atoms with Crippen LogP contribution in [-0.4, -0.2) is 12.3 Å². The van der Waals surface area contributed by atoms with E-state index in [0.29, 0.717) is 13.0 Å². The molecule has 0 saturated carbocycles.